The first-order valence-corrected chi connectivity index (χ1v) is 6.37. The van der Waals surface area contributed by atoms with E-state index in [1.807, 2.05) is 0 Å². The number of carbonyl (C=O) groups is 1. The van der Waals surface area contributed by atoms with E-state index in [0.29, 0.717) is 5.57 Å². The number of hydrogen-bond donors (Lipinski definition) is 0. The zero-order chi connectivity index (χ0) is 12.6. The molecule has 0 aromatic rings. The molecule has 0 aliphatic rings. The van der Waals surface area contributed by atoms with Crippen LogP contribution in [0.2, 0.25) is 0 Å². The van der Waals surface area contributed by atoms with Crippen LogP contribution in [0.5, 0.6) is 0 Å². The molecule has 16 heavy (non-hydrogen) atoms. The van der Waals surface area contributed by atoms with Crippen LogP contribution < -0.4 is 0 Å². The van der Waals surface area contributed by atoms with Crippen molar-refractivity contribution in [3.05, 3.63) is 11.6 Å². The summed E-state index contributed by atoms with van der Waals surface area (Å²) in [6.07, 6.45) is 1.54. The minimum atomic E-state index is -3.79. The molecule has 0 bridgehead atoms. The Kier molecular flexibility index (Phi) is 7.25. The minimum Gasteiger partial charge on any atom is -0.285 e. The SMILES string of the molecule is C/C=C(\C)C(=O)OOP(=O)(OCC)OCC. The molecule has 0 radical (unpaired) electrons. The summed E-state index contributed by atoms with van der Waals surface area (Å²) in [4.78, 5) is 15.5. The summed E-state index contributed by atoms with van der Waals surface area (Å²) in [7, 11) is -3.79. The molecular weight excluding hydrogens is 235 g/mol. The molecule has 0 aliphatic heterocycles. The average molecular weight is 252 g/mol. The average Bonchev–Trinajstić information content (AvgIpc) is 2.25. The molecule has 0 atom stereocenters. The Morgan fingerprint density at radius 2 is 1.75 bits per heavy atom. The first-order chi connectivity index (χ1) is 7.49. The van der Waals surface area contributed by atoms with Crippen molar-refractivity contribution in [2.75, 3.05) is 13.2 Å². The Hall–Kier alpha value is -0.680. The van der Waals surface area contributed by atoms with Crippen molar-refractivity contribution in [3.8, 4) is 0 Å². The summed E-state index contributed by atoms with van der Waals surface area (Å²) in [5.74, 6) is -0.734. The Balaban J connectivity index is 4.33. The molecule has 0 rings (SSSR count). The fourth-order valence-electron chi connectivity index (χ4n) is 0.660. The highest BCUT2D eigenvalue weighted by Crippen LogP contribution is 2.49. The van der Waals surface area contributed by atoms with Crippen LogP contribution in [0.4, 0.5) is 0 Å². The van der Waals surface area contributed by atoms with Crippen molar-refractivity contribution in [2.45, 2.75) is 27.7 Å². The molecule has 0 saturated carbocycles. The summed E-state index contributed by atoms with van der Waals surface area (Å²) in [6, 6.07) is 0. The molecule has 0 aromatic heterocycles. The Bertz CT molecular complexity index is 288. The maximum Gasteiger partial charge on any atom is 0.511 e. The largest absolute Gasteiger partial charge is 0.511 e. The number of phosphoric ester groups is 1. The van der Waals surface area contributed by atoms with Gasteiger partial charge in [-0.25, -0.2) is 9.36 Å². The zero-order valence-electron chi connectivity index (χ0n) is 9.89. The maximum atomic E-state index is 11.7. The molecule has 7 heteroatoms. The normalized spacial score (nSPS) is 12.6. The van der Waals surface area contributed by atoms with E-state index in [1.54, 1.807) is 20.8 Å². The van der Waals surface area contributed by atoms with E-state index in [-0.39, 0.29) is 13.2 Å². The summed E-state index contributed by atoms with van der Waals surface area (Å²) in [5.41, 5.74) is 0.333. The Morgan fingerprint density at radius 3 is 2.12 bits per heavy atom. The lowest BCUT2D eigenvalue weighted by molar-refractivity contribution is -0.220. The van der Waals surface area contributed by atoms with Crippen molar-refractivity contribution >= 4 is 13.8 Å². The first kappa shape index (κ1) is 15.3. The standard InChI is InChI=1S/C9H17O6P/c1-5-8(4)9(10)14-15-16(11,12-6-2)13-7-3/h5H,6-7H2,1-4H3/b8-5+. The molecule has 0 spiro atoms. The predicted octanol–water partition coefficient (Wildman–Crippen LogP) is 2.61. The number of allylic oxidation sites excluding steroid dienone is 1. The highest BCUT2D eigenvalue weighted by Gasteiger charge is 2.29. The van der Waals surface area contributed by atoms with Gasteiger partial charge in [-0.2, -0.15) is 0 Å². The van der Waals surface area contributed by atoms with Crippen LogP contribution in [0.1, 0.15) is 27.7 Å². The van der Waals surface area contributed by atoms with Crippen LogP contribution in [-0.4, -0.2) is 19.2 Å². The van der Waals surface area contributed by atoms with Gasteiger partial charge in [0.25, 0.3) is 0 Å². The molecule has 0 fully saturated rings. The monoisotopic (exact) mass is 252 g/mol. The lowest BCUT2D eigenvalue weighted by Crippen LogP contribution is -2.08. The van der Waals surface area contributed by atoms with Crippen LogP contribution in [0.25, 0.3) is 0 Å². The van der Waals surface area contributed by atoms with Gasteiger partial charge in [-0.1, -0.05) is 10.8 Å². The van der Waals surface area contributed by atoms with Crippen molar-refractivity contribution in [1.29, 1.82) is 0 Å². The second kappa shape index (κ2) is 7.57. The van der Waals surface area contributed by atoms with Crippen LogP contribution in [0.3, 0.4) is 0 Å². The highest BCUT2D eigenvalue weighted by atomic mass is 31.2. The van der Waals surface area contributed by atoms with Crippen molar-refractivity contribution in [1.82, 2.24) is 0 Å². The van der Waals surface area contributed by atoms with E-state index in [2.05, 4.69) is 9.56 Å². The molecule has 94 valence electrons. The van der Waals surface area contributed by atoms with E-state index in [9.17, 15) is 9.36 Å². The lowest BCUT2D eigenvalue weighted by atomic mass is 10.3. The lowest BCUT2D eigenvalue weighted by Gasteiger charge is -2.14. The molecule has 6 nitrogen and oxygen atoms in total. The summed E-state index contributed by atoms with van der Waals surface area (Å²) >= 11 is 0. The van der Waals surface area contributed by atoms with E-state index >= 15 is 0 Å². The number of hydrogen-bond acceptors (Lipinski definition) is 6. The summed E-state index contributed by atoms with van der Waals surface area (Å²) in [6.45, 7) is 6.69. The molecular formula is C9H17O6P. The molecule has 0 aliphatic carbocycles. The van der Waals surface area contributed by atoms with Crippen LogP contribution in [0.15, 0.2) is 11.6 Å². The quantitative estimate of drug-likeness (QED) is 0.300. The van der Waals surface area contributed by atoms with E-state index in [4.69, 9.17) is 9.05 Å². The fraction of sp³-hybridized carbons (Fsp3) is 0.667. The molecule has 0 aromatic carbocycles. The van der Waals surface area contributed by atoms with Crippen LogP contribution in [-0.2, 0) is 28.0 Å². The molecule has 0 amide bonds. The number of phosphoric acid groups is 1. The predicted molar refractivity (Wildman–Crippen MR) is 57.5 cm³/mol. The van der Waals surface area contributed by atoms with Gasteiger partial charge in [0.1, 0.15) is 0 Å². The van der Waals surface area contributed by atoms with Gasteiger partial charge in [-0.05, 0) is 27.7 Å². The smallest absolute Gasteiger partial charge is 0.285 e. The van der Waals surface area contributed by atoms with Crippen LogP contribution in [0, 0.1) is 0 Å². The van der Waals surface area contributed by atoms with Gasteiger partial charge in [0.15, 0.2) is 0 Å². The number of rotatable bonds is 7. The molecule has 0 saturated heterocycles. The van der Waals surface area contributed by atoms with Gasteiger partial charge in [0, 0.05) is 5.57 Å². The third kappa shape index (κ3) is 5.42. The second-order valence-corrected chi connectivity index (χ2v) is 4.26. The van der Waals surface area contributed by atoms with Gasteiger partial charge in [-0.15, -0.1) is 0 Å². The van der Waals surface area contributed by atoms with Gasteiger partial charge in [0.2, 0.25) is 0 Å². The zero-order valence-corrected chi connectivity index (χ0v) is 10.8. The Labute approximate surface area is 95.1 Å². The summed E-state index contributed by atoms with van der Waals surface area (Å²) in [5, 5.41) is 0. The Morgan fingerprint density at radius 1 is 1.25 bits per heavy atom. The fourth-order valence-corrected chi connectivity index (χ4v) is 1.61. The van der Waals surface area contributed by atoms with Crippen molar-refractivity contribution in [3.63, 3.8) is 0 Å². The van der Waals surface area contributed by atoms with Gasteiger partial charge in [0.05, 0.1) is 13.2 Å². The van der Waals surface area contributed by atoms with E-state index < -0.39 is 13.8 Å². The molecule has 0 N–H and O–H groups in total. The maximum absolute atomic E-state index is 11.7. The minimum absolute atomic E-state index is 0.122. The highest BCUT2D eigenvalue weighted by molar-refractivity contribution is 7.48. The second-order valence-electron chi connectivity index (χ2n) is 2.70. The molecule has 0 unspecified atom stereocenters. The third-order valence-corrected chi connectivity index (χ3v) is 2.94. The molecule has 0 heterocycles. The van der Waals surface area contributed by atoms with Crippen LogP contribution >= 0.6 is 7.82 Å². The van der Waals surface area contributed by atoms with E-state index in [1.165, 1.54) is 13.0 Å². The summed E-state index contributed by atoms with van der Waals surface area (Å²) < 4.78 is 25.6. The van der Waals surface area contributed by atoms with Gasteiger partial charge < -0.3 is 0 Å². The van der Waals surface area contributed by atoms with Crippen molar-refractivity contribution < 1.29 is 28.0 Å². The van der Waals surface area contributed by atoms with Gasteiger partial charge >= 0.3 is 13.8 Å². The topological polar surface area (TPSA) is 71.1 Å². The number of carbonyl (C=O) groups excluding carboxylic acids is 1. The van der Waals surface area contributed by atoms with Gasteiger partial charge in [-0.3, -0.25) is 13.9 Å². The van der Waals surface area contributed by atoms with Crippen molar-refractivity contribution in [2.24, 2.45) is 0 Å². The first-order valence-electron chi connectivity index (χ1n) is 4.91. The van der Waals surface area contributed by atoms with E-state index in [0.717, 1.165) is 0 Å². The third-order valence-electron chi connectivity index (χ3n) is 1.53.